The van der Waals surface area contributed by atoms with Gasteiger partial charge in [-0.15, -0.1) is 0 Å². The van der Waals surface area contributed by atoms with Crippen molar-refractivity contribution in [3.8, 4) is 16.9 Å². The summed E-state index contributed by atoms with van der Waals surface area (Å²) in [6.45, 7) is 6.13. The van der Waals surface area contributed by atoms with Gasteiger partial charge in [0.25, 0.3) is 5.91 Å². The Morgan fingerprint density at radius 1 is 1.06 bits per heavy atom. The van der Waals surface area contributed by atoms with Crippen molar-refractivity contribution in [1.82, 2.24) is 25.1 Å². The van der Waals surface area contributed by atoms with Gasteiger partial charge in [0.05, 0.1) is 17.9 Å². The topological polar surface area (TPSA) is 94.0 Å². The van der Waals surface area contributed by atoms with Crippen molar-refractivity contribution in [3.63, 3.8) is 0 Å². The molecule has 4 aromatic rings. The first kappa shape index (κ1) is 22.0. The van der Waals surface area contributed by atoms with E-state index in [9.17, 15) is 4.79 Å². The molecular weight excluding hydrogens is 428 g/mol. The summed E-state index contributed by atoms with van der Waals surface area (Å²) < 4.78 is 7.94. The molecule has 174 valence electrons. The number of nitrogens with zero attached hydrogens (tertiary/aromatic N) is 4. The number of carbonyl (C=O) groups excluding carboxylic acids is 1. The highest BCUT2D eigenvalue weighted by Gasteiger charge is 2.15. The summed E-state index contributed by atoms with van der Waals surface area (Å²) in [5.74, 6) is 1.04. The van der Waals surface area contributed by atoms with Crippen molar-refractivity contribution in [3.05, 3.63) is 66.7 Å². The Hall–Kier alpha value is -3.78. The van der Waals surface area contributed by atoms with Gasteiger partial charge in [-0.2, -0.15) is 5.10 Å². The molecule has 0 bridgehead atoms. The number of hydrogen-bond donors (Lipinski definition) is 2. The highest BCUT2D eigenvalue weighted by atomic mass is 16.5. The van der Waals surface area contributed by atoms with E-state index >= 15 is 0 Å². The van der Waals surface area contributed by atoms with Gasteiger partial charge in [-0.3, -0.25) is 14.5 Å². The summed E-state index contributed by atoms with van der Waals surface area (Å²) >= 11 is 0. The second-order valence-electron chi connectivity index (χ2n) is 8.83. The SMILES string of the molecule is CC(C)n1cc(-c2cnc3cnc(NC(=O)c4ccc(OC5CCNCC5)cc4)cc3c2)cn1. The van der Waals surface area contributed by atoms with Crippen molar-refractivity contribution in [2.24, 2.45) is 0 Å². The number of benzene rings is 1. The number of aromatic nitrogens is 4. The molecule has 1 fully saturated rings. The van der Waals surface area contributed by atoms with Gasteiger partial charge in [-0.1, -0.05) is 0 Å². The van der Waals surface area contributed by atoms with E-state index in [0.717, 1.165) is 53.7 Å². The monoisotopic (exact) mass is 456 g/mol. The van der Waals surface area contributed by atoms with E-state index in [2.05, 4.69) is 39.5 Å². The number of rotatable bonds is 6. The normalized spacial score (nSPS) is 14.4. The van der Waals surface area contributed by atoms with Gasteiger partial charge in [0, 0.05) is 40.5 Å². The van der Waals surface area contributed by atoms with Gasteiger partial charge >= 0.3 is 0 Å². The molecule has 8 nitrogen and oxygen atoms in total. The summed E-state index contributed by atoms with van der Waals surface area (Å²) in [7, 11) is 0. The quantitative estimate of drug-likeness (QED) is 0.445. The number of carbonyl (C=O) groups is 1. The third-order valence-electron chi connectivity index (χ3n) is 5.98. The maximum absolute atomic E-state index is 12.8. The van der Waals surface area contributed by atoms with E-state index in [0.29, 0.717) is 17.4 Å². The first-order valence-corrected chi connectivity index (χ1v) is 11.6. The molecule has 0 unspecified atom stereocenters. The third-order valence-corrected chi connectivity index (χ3v) is 5.98. The van der Waals surface area contributed by atoms with E-state index in [4.69, 9.17) is 4.74 Å². The average molecular weight is 457 g/mol. The van der Waals surface area contributed by atoms with Crippen LogP contribution >= 0.6 is 0 Å². The fourth-order valence-electron chi connectivity index (χ4n) is 4.01. The van der Waals surface area contributed by atoms with Crippen LogP contribution in [0.5, 0.6) is 5.75 Å². The number of pyridine rings is 2. The number of piperidine rings is 1. The minimum Gasteiger partial charge on any atom is -0.490 e. The zero-order valence-corrected chi connectivity index (χ0v) is 19.4. The molecule has 34 heavy (non-hydrogen) atoms. The lowest BCUT2D eigenvalue weighted by Crippen LogP contribution is -2.34. The molecule has 1 aliphatic heterocycles. The van der Waals surface area contributed by atoms with Crippen molar-refractivity contribution >= 4 is 22.6 Å². The minimum absolute atomic E-state index is 0.220. The fraction of sp³-hybridized carbons (Fsp3) is 0.308. The summed E-state index contributed by atoms with van der Waals surface area (Å²) in [5.41, 5.74) is 3.27. The molecule has 8 heteroatoms. The fourth-order valence-corrected chi connectivity index (χ4v) is 4.01. The maximum atomic E-state index is 12.8. The van der Waals surface area contributed by atoms with Crippen molar-refractivity contribution in [1.29, 1.82) is 0 Å². The van der Waals surface area contributed by atoms with E-state index in [1.807, 2.05) is 47.5 Å². The van der Waals surface area contributed by atoms with Crippen LogP contribution in [0.4, 0.5) is 5.82 Å². The molecule has 4 heterocycles. The summed E-state index contributed by atoms with van der Waals surface area (Å²) in [6.07, 6.45) is 9.54. The predicted molar refractivity (Wildman–Crippen MR) is 132 cm³/mol. The van der Waals surface area contributed by atoms with Gasteiger partial charge in [0.2, 0.25) is 0 Å². The smallest absolute Gasteiger partial charge is 0.256 e. The maximum Gasteiger partial charge on any atom is 0.256 e. The van der Waals surface area contributed by atoms with Crippen LogP contribution in [0.25, 0.3) is 22.0 Å². The second-order valence-corrected chi connectivity index (χ2v) is 8.83. The number of ether oxygens (including phenoxy) is 1. The van der Waals surface area contributed by atoms with Crippen molar-refractivity contribution in [2.45, 2.75) is 38.8 Å². The number of hydrogen-bond acceptors (Lipinski definition) is 6. The van der Waals surface area contributed by atoms with Gasteiger partial charge in [-0.05, 0) is 76.2 Å². The molecular formula is C26H28N6O2. The molecule has 3 aromatic heterocycles. The molecule has 0 aliphatic carbocycles. The lowest BCUT2D eigenvalue weighted by Gasteiger charge is -2.23. The van der Waals surface area contributed by atoms with Crippen LogP contribution in [-0.4, -0.2) is 44.8 Å². The van der Waals surface area contributed by atoms with Gasteiger partial charge < -0.3 is 15.4 Å². The first-order valence-electron chi connectivity index (χ1n) is 11.6. The molecule has 1 amide bonds. The van der Waals surface area contributed by atoms with Crippen LogP contribution in [-0.2, 0) is 0 Å². The summed E-state index contributed by atoms with van der Waals surface area (Å²) in [4.78, 5) is 21.7. The highest BCUT2D eigenvalue weighted by molar-refractivity contribution is 6.04. The van der Waals surface area contributed by atoms with Crippen LogP contribution in [0.1, 0.15) is 43.1 Å². The van der Waals surface area contributed by atoms with Crippen molar-refractivity contribution < 1.29 is 9.53 Å². The molecule has 1 saturated heterocycles. The van der Waals surface area contributed by atoms with Crippen molar-refractivity contribution in [2.75, 3.05) is 18.4 Å². The van der Waals surface area contributed by atoms with Crippen LogP contribution in [0.3, 0.4) is 0 Å². The summed E-state index contributed by atoms with van der Waals surface area (Å²) in [6, 6.07) is 11.4. The molecule has 0 spiro atoms. The molecule has 1 aromatic carbocycles. The molecule has 0 saturated carbocycles. The number of amides is 1. The van der Waals surface area contributed by atoms with E-state index in [1.165, 1.54) is 0 Å². The van der Waals surface area contributed by atoms with E-state index < -0.39 is 0 Å². The Bertz CT molecular complexity index is 1290. The standard InChI is InChI=1S/C26H28N6O2/c1-17(2)32-16-21(14-30-32)20-11-19-12-25(29-15-24(19)28-13-20)31-26(33)18-3-5-22(6-4-18)34-23-7-9-27-10-8-23/h3-6,11-17,23,27H,7-10H2,1-2H3,(H,29,31,33). The summed E-state index contributed by atoms with van der Waals surface area (Å²) in [5, 5.41) is 11.5. The second kappa shape index (κ2) is 9.61. The first-order chi connectivity index (χ1) is 16.5. The molecule has 5 rings (SSSR count). The lowest BCUT2D eigenvalue weighted by atomic mass is 10.1. The van der Waals surface area contributed by atoms with Gasteiger partial charge in [-0.25, -0.2) is 4.98 Å². The van der Waals surface area contributed by atoms with E-state index in [1.54, 1.807) is 18.3 Å². The number of nitrogens with one attached hydrogen (secondary N) is 2. The Morgan fingerprint density at radius 2 is 1.85 bits per heavy atom. The Balaban J connectivity index is 1.29. The van der Waals surface area contributed by atoms with Gasteiger partial charge in [0.15, 0.2) is 0 Å². The van der Waals surface area contributed by atoms with Gasteiger partial charge in [0.1, 0.15) is 17.7 Å². The highest BCUT2D eigenvalue weighted by Crippen LogP contribution is 2.25. The molecule has 0 radical (unpaired) electrons. The minimum atomic E-state index is -0.220. The van der Waals surface area contributed by atoms with E-state index in [-0.39, 0.29) is 12.0 Å². The zero-order chi connectivity index (χ0) is 23.5. The Labute approximate surface area is 198 Å². The predicted octanol–water partition coefficient (Wildman–Crippen LogP) is 4.46. The lowest BCUT2D eigenvalue weighted by molar-refractivity contribution is 0.102. The Kier molecular flexibility index (Phi) is 6.22. The van der Waals surface area contributed by atoms with Crippen LogP contribution < -0.4 is 15.4 Å². The number of fused-ring (bicyclic) bond motifs is 1. The van der Waals surface area contributed by atoms with Crippen LogP contribution in [0.2, 0.25) is 0 Å². The molecule has 1 aliphatic rings. The number of anilines is 1. The largest absolute Gasteiger partial charge is 0.490 e. The average Bonchev–Trinajstić information content (AvgIpc) is 3.36. The third kappa shape index (κ3) is 4.92. The van der Waals surface area contributed by atoms with Crippen LogP contribution in [0, 0.1) is 0 Å². The zero-order valence-electron chi connectivity index (χ0n) is 19.4. The molecule has 0 atom stereocenters. The van der Waals surface area contributed by atoms with Crippen LogP contribution in [0.15, 0.2) is 61.2 Å². The Morgan fingerprint density at radius 3 is 2.59 bits per heavy atom. The molecule has 2 N–H and O–H groups in total.